The first-order valence-electron chi connectivity index (χ1n) is 7.28. The van der Waals surface area contributed by atoms with Crippen molar-refractivity contribution in [2.75, 3.05) is 13.1 Å². The third kappa shape index (κ3) is 1.90. The summed E-state index contributed by atoms with van der Waals surface area (Å²) >= 11 is 0. The summed E-state index contributed by atoms with van der Waals surface area (Å²) in [7, 11) is 0. The van der Waals surface area contributed by atoms with Gasteiger partial charge in [-0.1, -0.05) is 18.2 Å². The number of para-hydroxylation sites is 1. The van der Waals surface area contributed by atoms with Crippen LogP contribution in [0.25, 0.3) is 17.0 Å². The number of hydrogen-bond acceptors (Lipinski definition) is 3. The van der Waals surface area contributed by atoms with E-state index in [9.17, 15) is 5.11 Å². The van der Waals surface area contributed by atoms with Gasteiger partial charge in [0.25, 0.3) is 0 Å². The molecule has 2 bridgehead atoms. The Morgan fingerprint density at radius 1 is 1.25 bits per heavy atom. The molecule has 20 heavy (non-hydrogen) atoms. The van der Waals surface area contributed by atoms with Crippen molar-refractivity contribution >= 4 is 17.0 Å². The van der Waals surface area contributed by atoms with Crippen LogP contribution in [0.15, 0.2) is 42.2 Å². The molecular formula is C17H18N2O. The van der Waals surface area contributed by atoms with Crippen molar-refractivity contribution in [1.82, 2.24) is 9.88 Å². The molecule has 0 radical (unpaired) electrons. The molecule has 1 N–H and O–H groups in total. The largest absolute Gasteiger partial charge is 0.391 e. The van der Waals surface area contributed by atoms with E-state index in [-0.39, 0.29) is 6.10 Å². The Bertz CT molecular complexity index is 674. The fraction of sp³-hybridized carbons (Fsp3) is 0.353. The van der Waals surface area contributed by atoms with Crippen molar-refractivity contribution in [3.63, 3.8) is 0 Å². The van der Waals surface area contributed by atoms with E-state index in [2.05, 4.69) is 40.2 Å². The van der Waals surface area contributed by atoms with E-state index >= 15 is 0 Å². The molecule has 3 aliphatic rings. The maximum absolute atomic E-state index is 9.98. The predicted molar refractivity (Wildman–Crippen MR) is 80.0 cm³/mol. The van der Waals surface area contributed by atoms with E-state index in [4.69, 9.17) is 0 Å². The van der Waals surface area contributed by atoms with Gasteiger partial charge in [0.2, 0.25) is 0 Å². The molecule has 5 rings (SSSR count). The molecule has 3 heteroatoms. The summed E-state index contributed by atoms with van der Waals surface area (Å²) in [6.45, 7) is 1.87. The fourth-order valence-corrected chi connectivity index (χ4v) is 3.45. The Labute approximate surface area is 118 Å². The minimum Gasteiger partial charge on any atom is -0.391 e. The molecular weight excluding hydrogens is 248 g/mol. The van der Waals surface area contributed by atoms with Gasteiger partial charge in [-0.05, 0) is 42.5 Å². The third-order valence-corrected chi connectivity index (χ3v) is 4.60. The lowest BCUT2D eigenvalue weighted by atomic mass is 9.83. The first-order valence-corrected chi connectivity index (χ1v) is 7.28. The predicted octanol–water partition coefficient (Wildman–Crippen LogP) is 2.66. The van der Waals surface area contributed by atoms with Crippen LogP contribution in [0.1, 0.15) is 18.4 Å². The highest BCUT2D eigenvalue weighted by Crippen LogP contribution is 2.36. The summed E-state index contributed by atoms with van der Waals surface area (Å²) in [6.07, 6.45) is 6.13. The average molecular weight is 266 g/mol. The molecule has 2 aromatic rings. The summed E-state index contributed by atoms with van der Waals surface area (Å²) in [5, 5.41) is 11.2. The van der Waals surface area contributed by atoms with Gasteiger partial charge < -0.3 is 10.0 Å². The van der Waals surface area contributed by atoms with Gasteiger partial charge in [0, 0.05) is 30.4 Å². The number of allylic oxidation sites excluding steroid dienone is 1. The van der Waals surface area contributed by atoms with E-state index in [0.717, 1.165) is 31.4 Å². The second-order valence-corrected chi connectivity index (χ2v) is 5.82. The molecule has 3 nitrogen and oxygen atoms in total. The number of aromatic nitrogens is 1. The summed E-state index contributed by atoms with van der Waals surface area (Å²) < 4.78 is 0. The van der Waals surface area contributed by atoms with E-state index < -0.39 is 0 Å². The van der Waals surface area contributed by atoms with Gasteiger partial charge in [0.1, 0.15) is 0 Å². The standard InChI is InChI=1S/C17H18N2O/c20-17-11-19-8-6-13(17)10-14(19)9-12-5-7-18-16-4-2-1-3-15(12)16/h1-5,7,9,13,17,20H,6,8,10-11H2/b14-9-/t13-,17-/m0/s1. The zero-order valence-electron chi connectivity index (χ0n) is 11.4. The maximum atomic E-state index is 9.98. The lowest BCUT2D eigenvalue weighted by molar-refractivity contribution is 0.00257. The first-order chi connectivity index (χ1) is 9.81. The number of benzene rings is 1. The molecule has 1 aromatic carbocycles. The van der Waals surface area contributed by atoms with Crippen LogP contribution in [0, 0.1) is 5.92 Å². The third-order valence-electron chi connectivity index (χ3n) is 4.60. The molecule has 2 atom stereocenters. The van der Waals surface area contributed by atoms with Crippen LogP contribution in [0.4, 0.5) is 0 Å². The molecule has 1 aromatic heterocycles. The van der Waals surface area contributed by atoms with E-state index in [1.165, 1.54) is 16.6 Å². The quantitative estimate of drug-likeness (QED) is 0.862. The highest BCUT2D eigenvalue weighted by molar-refractivity contribution is 5.87. The maximum Gasteiger partial charge on any atom is 0.0747 e. The van der Waals surface area contributed by atoms with Crippen LogP contribution < -0.4 is 0 Å². The molecule has 3 aliphatic heterocycles. The Morgan fingerprint density at radius 2 is 2.15 bits per heavy atom. The molecule has 0 aliphatic carbocycles. The molecule has 4 heterocycles. The number of fused-ring (bicyclic) bond motifs is 4. The van der Waals surface area contributed by atoms with E-state index in [0.29, 0.717) is 5.92 Å². The Balaban J connectivity index is 1.76. The molecule has 102 valence electrons. The number of piperidine rings is 3. The number of nitrogens with zero attached hydrogens (tertiary/aromatic N) is 2. The lowest BCUT2D eigenvalue weighted by Gasteiger charge is -2.45. The number of pyridine rings is 1. The van der Waals surface area contributed by atoms with Gasteiger partial charge >= 0.3 is 0 Å². The summed E-state index contributed by atoms with van der Waals surface area (Å²) in [5.41, 5.74) is 3.63. The molecule has 3 fully saturated rings. The Hall–Kier alpha value is -1.87. The topological polar surface area (TPSA) is 36.4 Å². The summed E-state index contributed by atoms with van der Waals surface area (Å²) in [4.78, 5) is 6.75. The van der Waals surface area contributed by atoms with Gasteiger partial charge in [0.15, 0.2) is 0 Å². The number of aliphatic hydroxyl groups is 1. The molecule has 0 spiro atoms. The second kappa shape index (κ2) is 4.60. The minimum absolute atomic E-state index is 0.143. The van der Waals surface area contributed by atoms with Crippen LogP contribution in [0.5, 0.6) is 0 Å². The van der Waals surface area contributed by atoms with Crippen LogP contribution in [-0.2, 0) is 0 Å². The van der Waals surface area contributed by atoms with Crippen molar-refractivity contribution in [2.24, 2.45) is 5.92 Å². The Kier molecular flexibility index (Phi) is 2.74. The zero-order valence-corrected chi connectivity index (χ0v) is 11.4. The monoisotopic (exact) mass is 266 g/mol. The normalized spacial score (nSPS) is 27.4. The molecule has 0 unspecified atom stereocenters. The van der Waals surface area contributed by atoms with Gasteiger partial charge in [-0.2, -0.15) is 0 Å². The van der Waals surface area contributed by atoms with E-state index in [1.54, 1.807) is 0 Å². The highest BCUT2D eigenvalue weighted by atomic mass is 16.3. The van der Waals surface area contributed by atoms with Crippen LogP contribution in [-0.4, -0.2) is 34.2 Å². The van der Waals surface area contributed by atoms with Gasteiger partial charge in [-0.15, -0.1) is 0 Å². The van der Waals surface area contributed by atoms with Crippen molar-refractivity contribution in [3.05, 3.63) is 47.8 Å². The van der Waals surface area contributed by atoms with Crippen LogP contribution in [0.2, 0.25) is 0 Å². The molecule has 3 saturated heterocycles. The smallest absolute Gasteiger partial charge is 0.0747 e. The number of aliphatic hydroxyl groups excluding tert-OH is 1. The van der Waals surface area contributed by atoms with Crippen molar-refractivity contribution in [3.8, 4) is 0 Å². The number of hydrogen-bond donors (Lipinski definition) is 1. The van der Waals surface area contributed by atoms with Crippen molar-refractivity contribution in [1.29, 1.82) is 0 Å². The summed E-state index contributed by atoms with van der Waals surface area (Å²) in [6, 6.07) is 10.3. The fourth-order valence-electron chi connectivity index (χ4n) is 3.45. The van der Waals surface area contributed by atoms with Crippen LogP contribution >= 0.6 is 0 Å². The zero-order chi connectivity index (χ0) is 13.5. The minimum atomic E-state index is -0.143. The van der Waals surface area contributed by atoms with Gasteiger partial charge in [-0.3, -0.25) is 4.98 Å². The lowest BCUT2D eigenvalue weighted by Crippen LogP contribution is -2.48. The van der Waals surface area contributed by atoms with Gasteiger partial charge in [-0.25, -0.2) is 0 Å². The Morgan fingerprint density at radius 3 is 2.95 bits per heavy atom. The van der Waals surface area contributed by atoms with Crippen molar-refractivity contribution in [2.45, 2.75) is 18.9 Å². The van der Waals surface area contributed by atoms with Crippen molar-refractivity contribution < 1.29 is 5.11 Å². The summed E-state index contributed by atoms with van der Waals surface area (Å²) in [5.74, 6) is 0.444. The molecule has 0 saturated carbocycles. The van der Waals surface area contributed by atoms with E-state index in [1.807, 2.05) is 12.3 Å². The highest BCUT2D eigenvalue weighted by Gasteiger charge is 2.35. The number of rotatable bonds is 1. The van der Waals surface area contributed by atoms with Gasteiger partial charge in [0.05, 0.1) is 11.6 Å². The SMILES string of the molecule is O[C@H]1CN2CC[C@H]1C/C2=C/c1ccnc2ccccc12. The first kappa shape index (κ1) is 11.9. The molecule has 0 amide bonds. The van der Waals surface area contributed by atoms with Crippen LogP contribution in [0.3, 0.4) is 0 Å². The second-order valence-electron chi connectivity index (χ2n) is 5.82. The average Bonchev–Trinajstić information content (AvgIpc) is 2.49.